The van der Waals surface area contributed by atoms with Gasteiger partial charge in [0.1, 0.15) is 17.5 Å². The van der Waals surface area contributed by atoms with Gasteiger partial charge in [0.2, 0.25) is 0 Å². The van der Waals surface area contributed by atoms with Crippen molar-refractivity contribution in [2.45, 2.75) is 20.1 Å². The van der Waals surface area contributed by atoms with Gasteiger partial charge in [-0.05, 0) is 13.8 Å². The largest absolute Gasteiger partial charge is 0.355 e. The molecule has 0 radical (unpaired) electrons. The third kappa shape index (κ3) is 2.71. The Morgan fingerprint density at radius 1 is 1.00 bits per heavy atom. The highest BCUT2D eigenvalue weighted by Crippen LogP contribution is 2.10. The molecule has 4 heteroatoms. The lowest BCUT2D eigenvalue weighted by atomic mass is 10.0. The van der Waals surface area contributed by atoms with Crippen LogP contribution in [0.15, 0.2) is 0 Å². The fourth-order valence-corrected chi connectivity index (χ4v) is 1.04. The van der Waals surface area contributed by atoms with E-state index in [9.17, 15) is 9.59 Å². The lowest BCUT2D eigenvalue weighted by Gasteiger charge is -2.19. The van der Waals surface area contributed by atoms with E-state index in [-0.39, 0.29) is 11.6 Å². The number of rotatable bonds is 5. The molecule has 0 aliphatic rings. The van der Waals surface area contributed by atoms with Crippen molar-refractivity contribution >= 4 is 11.6 Å². The fourth-order valence-electron chi connectivity index (χ4n) is 1.04. The Bertz CT molecular complexity index is 158. The molecule has 0 heterocycles. The number of methoxy groups -OCH3 is 2. The van der Waals surface area contributed by atoms with Gasteiger partial charge in [-0.25, -0.2) is 0 Å². The van der Waals surface area contributed by atoms with Crippen molar-refractivity contribution in [3.8, 4) is 0 Å². The summed E-state index contributed by atoms with van der Waals surface area (Å²) in [6.45, 7) is 2.69. The van der Waals surface area contributed by atoms with Gasteiger partial charge >= 0.3 is 0 Å². The third-order valence-corrected chi connectivity index (χ3v) is 1.61. The second kappa shape index (κ2) is 5.00. The summed E-state index contributed by atoms with van der Waals surface area (Å²) in [4.78, 5) is 21.9. The highest BCUT2D eigenvalue weighted by Gasteiger charge is 2.29. The topological polar surface area (TPSA) is 52.6 Å². The summed E-state index contributed by atoms with van der Waals surface area (Å²) < 4.78 is 9.64. The van der Waals surface area contributed by atoms with Crippen LogP contribution >= 0.6 is 0 Å². The van der Waals surface area contributed by atoms with E-state index in [1.807, 2.05) is 0 Å². The van der Waals surface area contributed by atoms with Crippen LogP contribution in [0.2, 0.25) is 0 Å². The second-order valence-corrected chi connectivity index (χ2v) is 2.54. The minimum absolute atomic E-state index is 0.240. The number of carbonyl (C=O) groups is 2. The molecule has 0 rings (SSSR count). The van der Waals surface area contributed by atoms with E-state index < -0.39 is 12.2 Å². The zero-order valence-electron chi connectivity index (χ0n) is 7.79. The number of hydrogen-bond acceptors (Lipinski definition) is 4. The lowest BCUT2D eigenvalue weighted by Crippen LogP contribution is -2.35. The first-order valence-electron chi connectivity index (χ1n) is 3.61. The van der Waals surface area contributed by atoms with E-state index >= 15 is 0 Å². The van der Waals surface area contributed by atoms with Crippen molar-refractivity contribution < 1.29 is 19.1 Å². The van der Waals surface area contributed by atoms with Gasteiger partial charge in [-0.3, -0.25) is 9.59 Å². The Morgan fingerprint density at radius 3 is 1.42 bits per heavy atom. The molecule has 0 unspecified atom stereocenters. The van der Waals surface area contributed by atoms with Crippen LogP contribution in [0.25, 0.3) is 0 Å². The van der Waals surface area contributed by atoms with Crippen molar-refractivity contribution in [3.63, 3.8) is 0 Å². The van der Waals surface area contributed by atoms with E-state index in [1.165, 1.54) is 28.1 Å². The molecular weight excluding hydrogens is 160 g/mol. The molecule has 0 aliphatic carbocycles. The summed E-state index contributed by atoms with van der Waals surface area (Å²) in [6.07, 6.45) is -0.764. The highest BCUT2D eigenvalue weighted by molar-refractivity contribution is 6.00. The van der Waals surface area contributed by atoms with Crippen LogP contribution in [0.1, 0.15) is 13.8 Å². The van der Waals surface area contributed by atoms with E-state index in [0.717, 1.165) is 0 Å². The summed E-state index contributed by atoms with van der Waals surface area (Å²) in [5.74, 6) is -1.28. The van der Waals surface area contributed by atoms with E-state index in [1.54, 1.807) is 0 Å². The molecule has 0 saturated heterocycles. The number of hydrogen-bond donors (Lipinski definition) is 0. The summed E-state index contributed by atoms with van der Waals surface area (Å²) in [7, 11) is 2.79. The molecular formula is C8H14O4. The minimum atomic E-state index is -0.806. The number of ether oxygens (including phenoxy) is 2. The maximum absolute atomic E-state index is 11.0. The van der Waals surface area contributed by atoms with Crippen LogP contribution in [-0.4, -0.2) is 32.1 Å². The van der Waals surface area contributed by atoms with Crippen LogP contribution in [-0.2, 0) is 19.1 Å². The zero-order valence-corrected chi connectivity index (χ0v) is 7.79. The second-order valence-electron chi connectivity index (χ2n) is 2.54. The zero-order chi connectivity index (χ0) is 9.72. The van der Waals surface area contributed by atoms with Crippen LogP contribution in [0.5, 0.6) is 0 Å². The van der Waals surface area contributed by atoms with E-state index in [2.05, 4.69) is 0 Å². The average molecular weight is 174 g/mol. The Hall–Kier alpha value is -0.740. The molecule has 0 saturated carbocycles. The van der Waals surface area contributed by atoms with Crippen LogP contribution in [0.3, 0.4) is 0 Å². The fraction of sp³-hybridized carbons (Fsp3) is 0.750. The minimum Gasteiger partial charge on any atom is -0.355 e. The maximum atomic E-state index is 11.0. The van der Waals surface area contributed by atoms with Gasteiger partial charge in [0.25, 0.3) is 0 Å². The Labute approximate surface area is 71.8 Å². The molecule has 0 spiro atoms. The molecule has 70 valence electrons. The summed E-state index contributed by atoms with van der Waals surface area (Å²) in [5, 5.41) is 0. The summed E-state index contributed by atoms with van der Waals surface area (Å²) in [6, 6.07) is 0. The normalized spacial score (nSPS) is 10.8. The molecule has 0 aliphatic heterocycles. The van der Waals surface area contributed by atoms with Gasteiger partial charge in [-0.15, -0.1) is 0 Å². The third-order valence-electron chi connectivity index (χ3n) is 1.61. The molecule has 0 atom stereocenters. The quantitative estimate of drug-likeness (QED) is 0.447. The molecule has 12 heavy (non-hydrogen) atoms. The van der Waals surface area contributed by atoms with E-state index in [4.69, 9.17) is 9.47 Å². The molecule has 0 N–H and O–H groups in total. The van der Waals surface area contributed by atoms with Crippen molar-refractivity contribution in [2.75, 3.05) is 14.2 Å². The lowest BCUT2D eigenvalue weighted by molar-refractivity contribution is -0.162. The molecule has 4 nitrogen and oxygen atoms in total. The predicted molar refractivity (Wildman–Crippen MR) is 42.7 cm³/mol. The van der Waals surface area contributed by atoms with Gasteiger partial charge in [-0.2, -0.15) is 0 Å². The van der Waals surface area contributed by atoms with Crippen LogP contribution < -0.4 is 0 Å². The predicted octanol–water partition coefficient (Wildman–Crippen LogP) is 0.399. The Balaban J connectivity index is 4.47. The summed E-state index contributed by atoms with van der Waals surface area (Å²) >= 11 is 0. The van der Waals surface area contributed by atoms with Crippen molar-refractivity contribution in [3.05, 3.63) is 0 Å². The first-order valence-corrected chi connectivity index (χ1v) is 3.61. The van der Waals surface area contributed by atoms with Crippen molar-refractivity contribution in [2.24, 2.45) is 5.92 Å². The smallest absolute Gasteiger partial charge is 0.173 e. The standard InChI is InChI=1S/C8H14O4/c1-5(9)7(6(2)10)8(11-3)12-4/h7-8H,1-4H3. The molecule has 0 bridgehead atoms. The van der Waals surface area contributed by atoms with Crippen LogP contribution in [0.4, 0.5) is 0 Å². The van der Waals surface area contributed by atoms with Gasteiger partial charge in [0.15, 0.2) is 6.29 Å². The van der Waals surface area contributed by atoms with Crippen molar-refractivity contribution in [1.29, 1.82) is 0 Å². The molecule has 0 amide bonds. The van der Waals surface area contributed by atoms with Crippen molar-refractivity contribution in [1.82, 2.24) is 0 Å². The highest BCUT2D eigenvalue weighted by atomic mass is 16.7. The Kier molecular flexibility index (Phi) is 4.70. The SMILES string of the molecule is COC(OC)C(C(C)=O)C(C)=O. The number of carbonyl (C=O) groups excluding carboxylic acids is 2. The number of Topliss-reactive ketones (excluding diaryl/α,β-unsaturated/α-hetero) is 2. The monoisotopic (exact) mass is 174 g/mol. The first-order chi connectivity index (χ1) is 5.54. The van der Waals surface area contributed by atoms with Gasteiger partial charge < -0.3 is 9.47 Å². The molecule has 0 aromatic heterocycles. The molecule has 0 fully saturated rings. The molecule has 0 aromatic carbocycles. The summed E-state index contributed by atoms with van der Waals surface area (Å²) in [5.41, 5.74) is 0. The van der Waals surface area contributed by atoms with E-state index in [0.29, 0.717) is 0 Å². The number of ketones is 2. The van der Waals surface area contributed by atoms with Gasteiger partial charge in [-0.1, -0.05) is 0 Å². The average Bonchev–Trinajstić information content (AvgIpc) is 1.98. The van der Waals surface area contributed by atoms with Gasteiger partial charge in [0.05, 0.1) is 0 Å². The first kappa shape index (κ1) is 11.3. The maximum Gasteiger partial charge on any atom is 0.173 e. The molecule has 0 aromatic rings. The van der Waals surface area contributed by atoms with Crippen LogP contribution in [0, 0.1) is 5.92 Å². The van der Waals surface area contributed by atoms with Gasteiger partial charge in [0, 0.05) is 14.2 Å². The Morgan fingerprint density at radius 2 is 1.33 bits per heavy atom.